The number of halogens is 2. The summed E-state index contributed by atoms with van der Waals surface area (Å²) >= 11 is 12.0. The summed E-state index contributed by atoms with van der Waals surface area (Å²) in [5.41, 5.74) is 8.35. The van der Waals surface area contributed by atoms with Gasteiger partial charge < -0.3 is 10.5 Å². The van der Waals surface area contributed by atoms with Crippen molar-refractivity contribution in [1.29, 1.82) is 0 Å². The van der Waals surface area contributed by atoms with Gasteiger partial charge in [-0.1, -0.05) is 23.2 Å². The average Bonchev–Trinajstić information content (AvgIpc) is 2.34. The molecule has 0 aliphatic heterocycles. The Labute approximate surface area is 116 Å². The van der Waals surface area contributed by atoms with Crippen LogP contribution in [-0.4, -0.2) is 0 Å². The number of anilines is 1. The second-order valence-electron chi connectivity index (χ2n) is 4.04. The van der Waals surface area contributed by atoms with Gasteiger partial charge in [-0.05, 0) is 48.9 Å². The molecule has 0 aromatic heterocycles. The number of rotatable bonds is 3. The van der Waals surface area contributed by atoms with Gasteiger partial charge in [0.25, 0.3) is 0 Å². The first kappa shape index (κ1) is 13.1. The molecule has 2 nitrogen and oxygen atoms in total. The van der Waals surface area contributed by atoms with Crippen LogP contribution < -0.4 is 10.5 Å². The van der Waals surface area contributed by atoms with Gasteiger partial charge in [0.1, 0.15) is 12.4 Å². The molecule has 0 spiro atoms. The van der Waals surface area contributed by atoms with Crippen LogP contribution >= 0.6 is 23.2 Å². The lowest BCUT2D eigenvalue weighted by Gasteiger charge is -2.09. The lowest BCUT2D eigenvalue weighted by molar-refractivity contribution is 0.306. The molecule has 0 aliphatic rings. The molecule has 0 unspecified atom stereocenters. The molecule has 0 amide bonds. The standard InChI is InChI=1S/C14H13Cl2NO/c1-9-6-12(3-5-14(9)17)18-8-10-7-11(15)2-4-13(10)16/h2-7H,8,17H2,1H3. The largest absolute Gasteiger partial charge is 0.489 e. The summed E-state index contributed by atoms with van der Waals surface area (Å²) in [5.74, 6) is 0.762. The molecule has 0 fully saturated rings. The highest BCUT2D eigenvalue weighted by Crippen LogP contribution is 2.24. The number of nitrogens with two attached hydrogens (primary N) is 1. The molecule has 2 aromatic rings. The molecule has 94 valence electrons. The van der Waals surface area contributed by atoms with E-state index in [1.54, 1.807) is 18.2 Å². The van der Waals surface area contributed by atoms with Crippen LogP contribution in [0.15, 0.2) is 36.4 Å². The van der Waals surface area contributed by atoms with Crippen LogP contribution in [0, 0.1) is 6.92 Å². The van der Waals surface area contributed by atoms with Crippen LogP contribution in [0.1, 0.15) is 11.1 Å². The SMILES string of the molecule is Cc1cc(OCc2cc(Cl)ccc2Cl)ccc1N. The van der Waals surface area contributed by atoms with Gasteiger partial charge >= 0.3 is 0 Å². The first-order valence-electron chi connectivity index (χ1n) is 5.49. The van der Waals surface area contributed by atoms with E-state index in [0.29, 0.717) is 16.7 Å². The summed E-state index contributed by atoms with van der Waals surface area (Å²) in [7, 11) is 0. The van der Waals surface area contributed by atoms with Crippen molar-refractivity contribution in [1.82, 2.24) is 0 Å². The maximum atomic E-state index is 6.06. The molecule has 0 saturated carbocycles. The smallest absolute Gasteiger partial charge is 0.120 e. The lowest BCUT2D eigenvalue weighted by Crippen LogP contribution is -1.97. The summed E-state index contributed by atoms with van der Waals surface area (Å²) in [6, 6.07) is 10.9. The Hall–Kier alpha value is -1.38. The van der Waals surface area contributed by atoms with Crippen LogP contribution in [-0.2, 0) is 6.61 Å². The monoisotopic (exact) mass is 281 g/mol. The third kappa shape index (κ3) is 3.09. The molecule has 0 atom stereocenters. The van der Waals surface area contributed by atoms with E-state index in [9.17, 15) is 0 Å². The van der Waals surface area contributed by atoms with E-state index in [4.69, 9.17) is 33.7 Å². The number of ether oxygens (including phenoxy) is 1. The molecule has 0 aliphatic carbocycles. The number of benzene rings is 2. The van der Waals surface area contributed by atoms with Crippen molar-refractivity contribution in [3.05, 3.63) is 57.6 Å². The number of nitrogen functional groups attached to an aromatic ring is 1. The molecule has 0 saturated heterocycles. The highest BCUT2D eigenvalue weighted by Gasteiger charge is 2.03. The Morgan fingerprint density at radius 3 is 2.61 bits per heavy atom. The van der Waals surface area contributed by atoms with Crippen LogP contribution in [0.3, 0.4) is 0 Å². The van der Waals surface area contributed by atoms with Gasteiger partial charge in [-0.3, -0.25) is 0 Å². The second-order valence-corrected chi connectivity index (χ2v) is 4.89. The van der Waals surface area contributed by atoms with E-state index < -0.39 is 0 Å². The van der Waals surface area contributed by atoms with Crippen molar-refractivity contribution < 1.29 is 4.74 Å². The Balaban J connectivity index is 2.11. The van der Waals surface area contributed by atoms with Gasteiger partial charge in [0.2, 0.25) is 0 Å². The van der Waals surface area contributed by atoms with Gasteiger partial charge in [-0.15, -0.1) is 0 Å². The topological polar surface area (TPSA) is 35.2 Å². The first-order valence-corrected chi connectivity index (χ1v) is 6.24. The zero-order chi connectivity index (χ0) is 13.1. The van der Waals surface area contributed by atoms with Gasteiger partial charge in [-0.25, -0.2) is 0 Å². The molecule has 2 aromatic carbocycles. The van der Waals surface area contributed by atoms with Crippen molar-refractivity contribution in [2.75, 3.05) is 5.73 Å². The van der Waals surface area contributed by atoms with Crippen LogP contribution in [0.4, 0.5) is 5.69 Å². The molecule has 4 heteroatoms. The van der Waals surface area contributed by atoms with E-state index in [2.05, 4.69) is 0 Å². The summed E-state index contributed by atoms with van der Waals surface area (Å²) < 4.78 is 5.67. The Kier molecular flexibility index (Phi) is 4.00. The summed E-state index contributed by atoms with van der Waals surface area (Å²) in [6.07, 6.45) is 0. The quantitative estimate of drug-likeness (QED) is 0.843. The normalized spacial score (nSPS) is 10.4. The molecule has 2 N–H and O–H groups in total. The van der Waals surface area contributed by atoms with Gasteiger partial charge in [0.15, 0.2) is 0 Å². The van der Waals surface area contributed by atoms with Gasteiger partial charge in [0.05, 0.1) is 0 Å². The van der Waals surface area contributed by atoms with E-state index >= 15 is 0 Å². The maximum Gasteiger partial charge on any atom is 0.120 e. The van der Waals surface area contributed by atoms with Crippen molar-refractivity contribution >= 4 is 28.9 Å². The van der Waals surface area contributed by atoms with Crippen molar-refractivity contribution in [3.8, 4) is 5.75 Å². The highest BCUT2D eigenvalue weighted by atomic mass is 35.5. The van der Waals surface area contributed by atoms with Crippen molar-refractivity contribution in [2.45, 2.75) is 13.5 Å². The molecule has 0 heterocycles. The Bertz CT molecular complexity index is 570. The highest BCUT2D eigenvalue weighted by molar-refractivity contribution is 6.33. The fourth-order valence-electron chi connectivity index (χ4n) is 1.55. The average molecular weight is 282 g/mol. The summed E-state index contributed by atoms with van der Waals surface area (Å²) in [6.45, 7) is 2.32. The molecular weight excluding hydrogens is 269 g/mol. The van der Waals surface area contributed by atoms with Crippen molar-refractivity contribution in [3.63, 3.8) is 0 Å². The molecule has 2 rings (SSSR count). The minimum Gasteiger partial charge on any atom is -0.489 e. The van der Waals surface area contributed by atoms with Crippen LogP contribution in [0.25, 0.3) is 0 Å². The predicted octanol–water partition coefficient (Wildman–Crippen LogP) is 4.46. The molecular formula is C14H13Cl2NO. The summed E-state index contributed by atoms with van der Waals surface area (Å²) in [5, 5.41) is 1.29. The molecule has 0 bridgehead atoms. The first-order chi connectivity index (χ1) is 8.56. The predicted molar refractivity (Wildman–Crippen MR) is 76.4 cm³/mol. The van der Waals surface area contributed by atoms with E-state index in [1.807, 2.05) is 25.1 Å². The zero-order valence-corrected chi connectivity index (χ0v) is 11.4. The van der Waals surface area contributed by atoms with Crippen LogP contribution in [0.2, 0.25) is 10.0 Å². The Morgan fingerprint density at radius 2 is 1.89 bits per heavy atom. The van der Waals surface area contributed by atoms with Crippen molar-refractivity contribution in [2.24, 2.45) is 0 Å². The fraction of sp³-hybridized carbons (Fsp3) is 0.143. The number of hydrogen-bond acceptors (Lipinski definition) is 2. The third-order valence-corrected chi connectivity index (χ3v) is 3.25. The molecule has 18 heavy (non-hydrogen) atoms. The number of aryl methyl sites for hydroxylation is 1. The second kappa shape index (κ2) is 5.51. The minimum absolute atomic E-state index is 0.378. The minimum atomic E-state index is 0.378. The summed E-state index contributed by atoms with van der Waals surface area (Å²) in [4.78, 5) is 0. The van der Waals surface area contributed by atoms with E-state index in [-0.39, 0.29) is 0 Å². The third-order valence-electron chi connectivity index (χ3n) is 2.64. The number of hydrogen-bond donors (Lipinski definition) is 1. The molecule has 0 radical (unpaired) electrons. The lowest BCUT2D eigenvalue weighted by atomic mass is 10.2. The van der Waals surface area contributed by atoms with Gasteiger partial charge in [-0.2, -0.15) is 0 Å². The van der Waals surface area contributed by atoms with E-state index in [1.165, 1.54) is 0 Å². The zero-order valence-electron chi connectivity index (χ0n) is 9.91. The Morgan fingerprint density at radius 1 is 1.11 bits per heavy atom. The van der Waals surface area contributed by atoms with Crippen LogP contribution in [0.5, 0.6) is 5.75 Å². The van der Waals surface area contributed by atoms with E-state index in [0.717, 1.165) is 22.6 Å². The fourth-order valence-corrected chi connectivity index (χ4v) is 1.92. The maximum absolute atomic E-state index is 6.06. The van der Waals surface area contributed by atoms with Gasteiger partial charge in [0, 0.05) is 21.3 Å².